The molecule has 3 nitrogen and oxygen atoms in total. The molecule has 0 unspecified atom stereocenters. The van der Waals surface area contributed by atoms with Crippen LogP contribution in [0.3, 0.4) is 0 Å². The zero-order chi connectivity index (χ0) is 11.2. The van der Waals surface area contributed by atoms with Crippen LogP contribution in [0.2, 0.25) is 0 Å². The molecule has 0 aliphatic heterocycles. The van der Waals surface area contributed by atoms with Gasteiger partial charge in [-0.05, 0) is 25.7 Å². The molecule has 3 heteroatoms. The molecular weight excluding hydrogens is 202 g/mol. The molecule has 1 saturated carbocycles. The van der Waals surface area contributed by atoms with Gasteiger partial charge < -0.3 is 4.74 Å². The van der Waals surface area contributed by atoms with E-state index in [2.05, 4.69) is 0 Å². The zero-order valence-corrected chi connectivity index (χ0v) is 9.47. The summed E-state index contributed by atoms with van der Waals surface area (Å²) in [5.41, 5.74) is 0. The molecule has 1 aliphatic carbocycles. The van der Waals surface area contributed by atoms with E-state index in [9.17, 15) is 4.79 Å². The van der Waals surface area contributed by atoms with Crippen LogP contribution in [0.4, 0.5) is 0 Å². The summed E-state index contributed by atoms with van der Waals surface area (Å²) < 4.78 is 7.27. The second kappa shape index (κ2) is 5.64. The summed E-state index contributed by atoms with van der Waals surface area (Å²) in [6, 6.07) is 5.75. The quantitative estimate of drug-likeness (QED) is 0.575. The van der Waals surface area contributed by atoms with Crippen molar-refractivity contribution in [3.8, 4) is 0 Å². The standard InChI is InChI=1S/C13H18NO2/c15-13(11-14-9-5-2-6-10-14)16-12-7-3-1-4-8-12/h2,5-6,9-10,12H,1,3-4,7-8,11H2/q+1. The first-order valence-electron chi connectivity index (χ1n) is 5.98. The summed E-state index contributed by atoms with van der Waals surface area (Å²) >= 11 is 0. The SMILES string of the molecule is O=C(C[n+]1ccccc1)OC1CCCCC1. The van der Waals surface area contributed by atoms with Crippen molar-refractivity contribution in [2.45, 2.75) is 44.8 Å². The third-order valence-corrected chi connectivity index (χ3v) is 2.94. The summed E-state index contributed by atoms with van der Waals surface area (Å²) in [6.07, 6.45) is 9.64. The summed E-state index contributed by atoms with van der Waals surface area (Å²) in [5, 5.41) is 0. The second-order valence-electron chi connectivity index (χ2n) is 4.30. The largest absolute Gasteiger partial charge is 0.458 e. The number of hydrogen-bond acceptors (Lipinski definition) is 2. The van der Waals surface area contributed by atoms with Crippen LogP contribution in [0.15, 0.2) is 30.6 Å². The van der Waals surface area contributed by atoms with Crippen molar-refractivity contribution in [3.63, 3.8) is 0 Å². The van der Waals surface area contributed by atoms with Crippen molar-refractivity contribution < 1.29 is 14.1 Å². The lowest BCUT2D eigenvalue weighted by Crippen LogP contribution is -2.39. The Morgan fingerprint density at radius 1 is 1.12 bits per heavy atom. The van der Waals surface area contributed by atoms with Crippen molar-refractivity contribution in [3.05, 3.63) is 30.6 Å². The van der Waals surface area contributed by atoms with Crippen molar-refractivity contribution in [2.75, 3.05) is 0 Å². The van der Waals surface area contributed by atoms with E-state index in [1.165, 1.54) is 19.3 Å². The third kappa shape index (κ3) is 3.33. The Balaban J connectivity index is 1.80. The minimum absolute atomic E-state index is 0.122. The molecule has 16 heavy (non-hydrogen) atoms. The van der Waals surface area contributed by atoms with E-state index in [0.29, 0.717) is 6.54 Å². The molecule has 0 saturated heterocycles. The maximum Gasteiger partial charge on any atom is 0.372 e. The van der Waals surface area contributed by atoms with Crippen molar-refractivity contribution >= 4 is 5.97 Å². The lowest BCUT2D eigenvalue weighted by atomic mass is 9.98. The monoisotopic (exact) mass is 220 g/mol. The van der Waals surface area contributed by atoms with Gasteiger partial charge in [0.15, 0.2) is 12.4 Å². The van der Waals surface area contributed by atoms with Gasteiger partial charge in [-0.2, -0.15) is 4.57 Å². The fraction of sp³-hybridized carbons (Fsp3) is 0.538. The molecule has 1 heterocycles. The average molecular weight is 220 g/mol. The van der Waals surface area contributed by atoms with Crippen LogP contribution in [0.5, 0.6) is 0 Å². The fourth-order valence-corrected chi connectivity index (χ4v) is 2.09. The Kier molecular flexibility index (Phi) is 3.91. The van der Waals surface area contributed by atoms with Crippen LogP contribution >= 0.6 is 0 Å². The van der Waals surface area contributed by atoms with Gasteiger partial charge in [-0.1, -0.05) is 12.5 Å². The summed E-state index contributed by atoms with van der Waals surface area (Å²) in [5.74, 6) is -0.122. The van der Waals surface area contributed by atoms with Crippen LogP contribution in [-0.4, -0.2) is 12.1 Å². The summed E-state index contributed by atoms with van der Waals surface area (Å²) in [4.78, 5) is 11.6. The highest BCUT2D eigenvalue weighted by molar-refractivity contribution is 5.67. The molecule has 0 spiro atoms. The molecule has 1 fully saturated rings. The van der Waals surface area contributed by atoms with Gasteiger partial charge in [0.05, 0.1) is 0 Å². The van der Waals surface area contributed by atoms with E-state index in [1.54, 1.807) is 0 Å². The predicted molar refractivity (Wildman–Crippen MR) is 59.6 cm³/mol. The molecule has 0 N–H and O–H groups in total. The highest BCUT2D eigenvalue weighted by Crippen LogP contribution is 2.20. The first-order chi connectivity index (χ1) is 7.84. The molecule has 0 amide bonds. The van der Waals surface area contributed by atoms with E-state index in [0.717, 1.165) is 12.8 Å². The Bertz CT molecular complexity index is 331. The third-order valence-electron chi connectivity index (χ3n) is 2.94. The molecule has 0 aromatic carbocycles. The van der Waals surface area contributed by atoms with Crippen molar-refractivity contribution in [1.29, 1.82) is 0 Å². The number of carbonyl (C=O) groups is 1. The Hall–Kier alpha value is -1.38. The molecule has 1 aromatic heterocycles. The molecule has 86 valence electrons. The highest BCUT2D eigenvalue weighted by Gasteiger charge is 2.19. The van der Waals surface area contributed by atoms with Crippen molar-refractivity contribution in [1.82, 2.24) is 0 Å². The number of rotatable bonds is 3. The first-order valence-corrected chi connectivity index (χ1v) is 5.98. The maximum atomic E-state index is 11.6. The summed E-state index contributed by atoms with van der Waals surface area (Å²) in [6.45, 7) is 0.317. The van der Waals surface area contributed by atoms with Crippen LogP contribution in [-0.2, 0) is 16.1 Å². The number of pyridine rings is 1. The van der Waals surface area contributed by atoms with Gasteiger partial charge in [0.25, 0.3) is 0 Å². The predicted octanol–water partition coefficient (Wildman–Crippen LogP) is 1.85. The molecule has 1 aliphatic rings. The molecular formula is C13H18NO2+. The minimum atomic E-state index is -0.122. The first kappa shape index (κ1) is 11.1. The number of nitrogens with zero attached hydrogens (tertiary/aromatic N) is 1. The smallest absolute Gasteiger partial charge is 0.372 e. The second-order valence-corrected chi connectivity index (χ2v) is 4.30. The lowest BCUT2D eigenvalue weighted by Gasteiger charge is -2.20. The van der Waals surface area contributed by atoms with Gasteiger partial charge in [0.1, 0.15) is 6.10 Å². The number of esters is 1. The van der Waals surface area contributed by atoms with Crippen LogP contribution in [0.25, 0.3) is 0 Å². The Labute approximate surface area is 96.0 Å². The highest BCUT2D eigenvalue weighted by atomic mass is 16.5. The average Bonchev–Trinajstić information content (AvgIpc) is 2.31. The number of aromatic nitrogens is 1. The lowest BCUT2D eigenvalue weighted by molar-refractivity contribution is -0.686. The van der Waals surface area contributed by atoms with E-state index < -0.39 is 0 Å². The van der Waals surface area contributed by atoms with Gasteiger partial charge in [0.2, 0.25) is 6.54 Å². The van der Waals surface area contributed by atoms with Gasteiger partial charge in [-0.3, -0.25) is 0 Å². The molecule has 0 atom stereocenters. The molecule has 0 radical (unpaired) electrons. The normalized spacial score (nSPS) is 17.0. The zero-order valence-electron chi connectivity index (χ0n) is 9.47. The van der Waals surface area contributed by atoms with E-state index in [-0.39, 0.29) is 12.1 Å². The van der Waals surface area contributed by atoms with Crippen LogP contribution in [0, 0.1) is 0 Å². The number of carbonyl (C=O) groups excluding carboxylic acids is 1. The van der Waals surface area contributed by atoms with E-state index in [4.69, 9.17) is 4.74 Å². The van der Waals surface area contributed by atoms with Crippen LogP contribution in [0.1, 0.15) is 32.1 Å². The van der Waals surface area contributed by atoms with E-state index >= 15 is 0 Å². The fourth-order valence-electron chi connectivity index (χ4n) is 2.09. The van der Waals surface area contributed by atoms with Gasteiger partial charge >= 0.3 is 5.97 Å². The molecule has 1 aromatic rings. The minimum Gasteiger partial charge on any atom is -0.458 e. The van der Waals surface area contributed by atoms with Gasteiger partial charge in [-0.15, -0.1) is 0 Å². The topological polar surface area (TPSA) is 30.2 Å². The Morgan fingerprint density at radius 2 is 1.81 bits per heavy atom. The van der Waals surface area contributed by atoms with Crippen LogP contribution < -0.4 is 4.57 Å². The summed E-state index contributed by atoms with van der Waals surface area (Å²) in [7, 11) is 0. The maximum absolute atomic E-state index is 11.6. The van der Waals surface area contributed by atoms with Crippen molar-refractivity contribution in [2.24, 2.45) is 0 Å². The molecule has 0 bridgehead atoms. The Morgan fingerprint density at radius 3 is 2.50 bits per heavy atom. The number of ether oxygens (including phenoxy) is 1. The van der Waals surface area contributed by atoms with E-state index in [1.807, 2.05) is 35.2 Å². The van der Waals surface area contributed by atoms with Gasteiger partial charge in [-0.25, -0.2) is 4.79 Å². The molecule has 2 rings (SSSR count). The number of hydrogen-bond donors (Lipinski definition) is 0. The van der Waals surface area contributed by atoms with Gasteiger partial charge in [0, 0.05) is 12.1 Å².